The van der Waals surface area contributed by atoms with Crippen molar-refractivity contribution >= 4 is 5.97 Å². The molecule has 3 aliphatic heterocycles. The van der Waals surface area contributed by atoms with Gasteiger partial charge in [-0.3, -0.25) is 0 Å². The number of esters is 1. The first-order valence-electron chi connectivity index (χ1n) is 17.7. The second-order valence-corrected chi connectivity index (χ2v) is 16.1. The third kappa shape index (κ3) is 5.22. The van der Waals surface area contributed by atoms with Crippen LogP contribution in [0.1, 0.15) is 91.9 Å². The predicted octanol–water partition coefficient (Wildman–Crippen LogP) is 2.34. The van der Waals surface area contributed by atoms with E-state index < -0.39 is 66.3 Å². The Morgan fingerprint density at radius 2 is 1.54 bits per heavy atom. The van der Waals surface area contributed by atoms with Gasteiger partial charge >= 0.3 is 5.97 Å². The zero-order chi connectivity index (χ0) is 32.8. The molecule has 0 amide bonds. The van der Waals surface area contributed by atoms with Crippen molar-refractivity contribution < 1.29 is 54.0 Å². The SMILES string of the molecule is C[C@H]1O[C@@H](O[C@H]2[C@@H](O)C[C@H](O[C@H]3CC[C@@]4(C)[C@H](CC[C@@H]5[C@H]4C[C@@H](O)[C@]4(C)[C@@H](C6=CC(=O)OC6)CC[C@]54O)C3)O[C@@H]2C)C[C@H](O)[C@@H]1O. The number of aliphatic hydroxyl groups is 5. The fourth-order valence-electron chi connectivity index (χ4n) is 11.3. The zero-order valence-electron chi connectivity index (χ0n) is 27.6. The Kier molecular flexibility index (Phi) is 8.71. The normalized spacial score (nSPS) is 55.6. The van der Waals surface area contributed by atoms with E-state index in [1.165, 1.54) is 0 Å². The number of aliphatic hydroxyl groups excluding tert-OH is 4. The topological polar surface area (TPSA) is 164 Å². The number of carbonyl (C=O) groups excluding carboxylic acids is 1. The molecular formula is C35H54O11. The smallest absolute Gasteiger partial charge is 0.331 e. The Labute approximate surface area is 271 Å². The summed E-state index contributed by atoms with van der Waals surface area (Å²) in [6.07, 6.45) is 2.09. The average molecular weight is 651 g/mol. The number of hydrogen-bond donors (Lipinski definition) is 5. The molecule has 4 saturated carbocycles. The molecule has 0 aromatic heterocycles. The molecule has 0 bridgehead atoms. The Balaban J connectivity index is 0.976. The maximum absolute atomic E-state index is 12.5. The first-order valence-corrected chi connectivity index (χ1v) is 17.7. The van der Waals surface area contributed by atoms with Crippen molar-refractivity contribution in [2.45, 2.75) is 159 Å². The van der Waals surface area contributed by atoms with Crippen LogP contribution in [0.15, 0.2) is 11.6 Å². The van der Waals surface area contributed by atoms with Crippen LogP contribution in [0.3, 0.4) is 0 Å². The minimum atomic E-state index is -0.993. The molecule has 5 N–H and O–H groups in total. The van der Waals surface area contributed by atoms with Gasteiger partial charge < -0.3 is 49.2 Å². The minimum Gasteiger partial charge on any atom is -0.458 e. The van der Waals surface area contributed by atoms with Crippen molar-refractivity contribution in [3.63, 3.8) is 0 Å². The van der Waals surface area contributed by atoms with Gasteiger partial charge in [-0.15, -0.1) is 0 Å². The summed E-state index contributed by atoms with van der Waals surface area (Å²) in [5.74, 6) is 0.294. The molecule has 0 unspecified atom stereocenters. The van der Waals surface area contributed by atoms with Gasteiger partial charge in [0.25, 0.3) is 0 Å². The summed E-state index contributed by atoms with van der Waals surface area (Å²) in [6, 6.07) is 0. The molecule has 7 rings (SSSR count). The van der Waals surface area contributed by atoms with Crippen LogP contribution in [0.25, 0.3) is 0 Å². The van der Waals surface area contributed by atoms with Crippen molar-refractivity contribution in [3.8, 4) is 0 Å². The second-order valence-electron chi connectivity index (χ2n) is 16.1. The fourth-order valence-corrected chi connectivity index (χ4v) is 11.3. The van der Waals surface area contributed by atoms with Crippen molar-refractivity contribution in [1.29, 1.82) is 0 Å². The molecule has 17 atom stereocenters. The summed E-state index contributed by atoms with van der Waals surface area (Å²) in [6.45, 7) is 8.18. The fraction of sp³-hybridized carbons (Fsp3) is 0.914. The maximum Gasteiger partial charge on any atom is 0.331 e. The van der Waals surface area contributed by atoms with E-state index in [1.807, 2.05) is 13.8 Å². The molecule has 4 aliphatic carbocycles. The van der Waals surface area contributed by atoms with Gasteiger partial charge in [-0.1, -0.05) is 13.8 Å². The van der Waals surface area contributed by atoms with Gasteiger partial charge in [-0.25, -0.2) is 4.79 Å². The number of rotatable bonds is 5. The van der Waals surface area contributed by atoms with E-state index >= 15 is 0 Å². The van der Waals surface area contributed by atoms with Crippen LogP contribution in [0.5, 0.6) is 0 Å². The summed E-state index contributed by atoms with van der Waals surface area (Å²) in [5.41, 5.74) is -0.819. The van der Waals surface area contributed by atoms with Crippen LogP contribution in [0.4, 0.5) is 0 Å². The van der Waals surface area contributed by atoms with Crippen LogP contribution in [0.2, 0.25) is 0 Å². The standard InChI is InChI=1S/C35H54O11/c1-17-31(40)25(36)14-30(43-17)46-32-18(2)44-29(15-26(32)37)45-21-7-9-33(3)20(12-21)5-6-23-24(33)13-27(38)34(4)22(8-10-35(23,34)41)19-11-28(39)42-16-19/h11,17-18,20-27,29-32,36-38,40-41H,5-10,12-16H2,1-4H3/t17-,18-,20-,21+,22-,23-,24-,25+,26+,27-,29+,30+,31-,32-,33+,34+,35+/m1/s1. The highest BCUT2D eigenvalue weighted by atomic mass is 16.7. The van der Waals surface area contributed by atoms with E-state index in [2.05, 4.69) is 6.92 Å². The lowest BCUT2D eigenvalue weighted by molar-refractivity contribution is -0.318. The molecule has 46 heavy (non-hydrogen) atoms. The van der Waals surface area contributed by atoms with E-state index in [9.17, 15) is 30.3 Å². The van der Waals surface area contributed by atoms with Crippen LogP contribution < -0.4 is 0 Å². The number of cyclic esters (lactones) is 1. The number of fused-ring (bicyclic) bond motifs is 5. The molecular weight excluding hydrogens is 596 g/mol. The second kappa shape index (κ2) is 12.0. The van der Waals surface area contributed by atoms with Gasteiger partial charge in [0.2, 0.25) is 0 Å². The summed E-state index contributed by atoms with van der Waals surface area (Å²) in [4.78, 5) is 11.9. The Hall–Kier alpha value is -1.15. The van der Waals surface area contributed by atoms with Crippen molar-refractivity contribution in [1.82, 2.24) is 0 Å². The van der Waals surface area contributed by atoms with E-state index in [0.717, 1.165) is 44.1 Å². The molecule has 7 aliphatic rings. The summed E-state index contributed by atoms with van der Waals surface area (Å²) in [7, 11) is 0. The third-order valence-electron chi connectivity index (χ3n) is 14.0. The summed E-state index contributed by atoms with van der Waals surface area (Å²) in [5, 5.41) is 55.4. The number of hydrogen-bond acceptors (Lipinski definition) is 11. The molecule has 0 aromatic carbocycles. The minimum absolute atomic E-state index is 0.0137. The first kappa shape index (κ1) is 33.4. The molecule has 11 heteroatoms. The highest BCUT2D eigenvalue weighted by molar-refractivity contribution is 5.85. The van der Waals surface area contributed by atoms with Gasteiger partial charge in [-0.2, -0.15) is 0 Å². The molecule has 2 saturated heterocycles. The van der Waals surface area contributed by atoms with E-state index in [1.54, 1.807) is 13.0 Å². The third-order valence-corrected chi connectivity index (χ3v) is 14.0. The largest absolute Gasteiger partial charge is 0.458 e. The molecule has 6 fully saturated rings. The molecule has 0 aromatic rings. The van der Waals surface area contributed by atoms with E-state index in [-0.39, 0.29) is 54.7 Å². The van der Waals surface area contributed by atoms with Crippen molar-refractivity contribution in [2.75, 3.05) is 6.61 Å². The van der Waals surface area contributed by atoms with Crippen LogP contribution in [0, 0.1) is 34.5 Å². The summed E-state index contributed by atoms with van der Waals surface area (Å²) < 4.78 is 29.7. The van der Waals surface area contributed by atoms with Gasteiger partial charge in [0.1, 0.15) is 18.8 Å². The Morgan fingerprint density at radius 1 is 0.826 bits per heavy atom. The quantitative estimate of drug-likeness (QED) is 0.219. The predicted molar refractivity (Wildman–Crippen MR) is 163 cm³/mol. The highest BCUT2D eigenvalue weighted by Gasteiger charge is 2.70. The van der Waals surface area contributed by atoms with Crippen LogP contribution >= 0.6 is 0 Å². The Morgan fingerprint density at radius 3 is 2.24 bits per heavy atom. The van der Waals surface area contributed by atoms with Crippen LogP contribution in [-0.4, -0.2) is 105 Å². The molecule has 0 radical (unpaired) electrons. The van der Waals surface area contributed by atoms with Gasteiger partial charge in [-0.05, 0) is 99.9 Å². The first-order chi connectivity index (χ1) is 21.7. The van der Waals surface area contributed by atoms with Crippen molar-refractivity contribution in [3.05, 3.63) is 11.6 Å². The molecule has 3 heterocycles. The van der Waals surface area contributed by atoms with Crippen molar-refractivity contribution in [2.24, 2.45) is 34.5 Å². The maximum atomic E-state index is 12.5. The molecule has 11 nitrogen and oxygen atoms in total. The zero-order valence-corrected chi connectivity index (χ0v) is 27.6. The number of carbonyl (C=O) groups is 1. The monoisotopic (exact) mass is 650 g/mol. The molecule has 0 spiro atoms. The number of ether oxygens (including phenoxy) is 5. The lowest BCUT2D eigenvalue weighted by Gasteiger charge is -2.65. The Bertz CT molecular complexity index is 1170. The lowest BCUT2D eigenvalue weighted by Crippen LogP contribution is -2.67. The summed E-state index contributed by atoms with van der Waals surface area (Å²) >= 11 is 0. The molecule has 260 valence electrons. The van der Waals surface area contributed by atoms with Gasteiger partial charge in [0.15, 0.2) is 12.6 Å². The van der Waals surface area contributed by atoms with Gasteiger partial charge in [0.05, 0.1) is 42.2 Å². The lowest BCUT2D eigenvalue weighted by atomic mass is 9.42. The van der Waals surface area contributed by atoms with Crippen LogP contribution in [-0.2, 0) is 28.5 Å². The average Bonchev–Trinajstić information content (AvgIpc) is 3.55. The van der Waals surface area contributed by atoms with E-state index in [0.29, 0.717) is 18.8 Å². The van der Waals surface area contributed by atoms with E-state index in [4.69, 9.17) is 23.7 Å². The van der Waals surface area contributed by atoms with Gasteiger partial charge in [0, 0.05) is 24.3 Å². The highest BCUT2D eigenvalue weighted by Crippen LogP contribution is 2.70.